The van der Waals surface area contributed by atoms with Gasteiger partial charge >= 0.3 is 0 Å². The molecule has 27 heavy (non-hydrogen) atoms. The maximum absolute atomic E-state index is 12.6. The molecule has 0 saturated carbocycles. The van der Waals surface area contributed by atoms with E-state index in [0.29, 0.717) is 11.6 Å². The van der Waals surface area contributed by atoms with Crippen molar-refractivity contribution in [2.45, 2.75) is 49.3 Å². The van der Waals surface area contributed by atoms with E-state index in [9.17, 15) is 4.79 Å². The quantitative estimate of drug-likeness (QED) is 0.601. The molecule has 0 saturated heterocycles. The molecule has 4 rings (SSSR count). The van der Waals surface area contributed by atoms with Crippen LogP contribution in [0.25, 0.3) is 10.9 Å². The first-order valence-corrected chi connectivity index (χ1v) is 10.5. The zero-order valence-electron chi connectivity index (χ0n) is 15.1. The Morgan fingerprint density at radius 2 is 2.19 bits per heavy atom. The van der Waals surface area contributed by atoms with Gasteiger partial charge in [0, 0.05) is 21.0 Å². The lowest BCUT2D eigenvalue weighted by Gasteiger charge is -2.22. The normalized spacial score (nSPS) is 14.7. The number of hydrogen-bond donors (Lipinski definition) is 1. The zero-order valence-corrected chi connectivity index (χ0v) is 16.7. The monoisotopic (exact) mass is 400 g/mol. The van der Waals surface area contributed by atoms with Gasteiger partial charge in [-0.3, -0.25) is 9.78 Å². The Balaban J connectivity index is 1.61. The molecular formula is C21H21ClN2O2S. The van der Waals surface area contributed by atoms with Gasteiger partial charge in [0.15, 0.2) is 0 Å². The van der Waals surface area contributed by atoms with Crippen LogP contribution in [0.15, 0.2) is 45.9 Å². The molecule has 6 heteroatoms. The van der Waals surface area contributed by atoms with Crippen LogP contribution in [0, 0.1) is 0 Å². The van der Waals surface area contributed by atoms with Crippen molar-refractivity contribution in [2.24, 2.45) is 0 Å². The lowest BCUT2D eigenvalue weighted by atomic mass is 9.94. The fraction of sp³-hybridized carbons (Fsp3) is 0.333. The number of aryl methyl sites for hydroxylation is 1. The van der Waals surface area contributed by atoms with Crippen LogP contribution in [0.1, 0.15) is 36.8 Å². The molecule has 3 aromatic rings. The van der Waals surface area contributed by atoms with Crippen molar-refractivity contribution >= 4 is 40.2 Å². The second kappa shape index (κ2) is 7.95. The molecule has 0 spiro atoms. The van der Waals surface area contributed by atoms with Crippen molar-refractivity contribution in [2.75, 3.05) is 0 Å². The summed E-state index contributed by atoms with van der Waals surface area (Å²) < 4.78 is 5.28. The van der Waals surface area contributed by atoms with Crippen LogP contribution in [0.2, 0.25) is 5.02 Å². The van der Waals surface area contributed by atoms with E-state index in [2.05, 4.69) is 5.32 Å². The maximum atomic E-state index is 12.6. The predicted octanol–water partition coefficient (Wildman–Crippen LogP) is 5.16. The van der Waals surface area contributed by atoms with Gasteiger partial charge in [-0.15, -0.1) is 11.8 Å². The van der Waals surface area contributed by atoms with Gasteiger partial charge < -0.3 is 9.73 Å². The number of carbonyl (C=O) groups excluding carboxylic acids is 1. The second-order valence-corrected chi connectivity index (χ2v) is 8.58. The summed E-state index contributed by atoms with van der Waals surface area (Å²) in [5.74, 6) is 0.743. The molecule has 0 bridgehead atoms. The molecule has 2 heterocycles. The highest BCUT2D eigenvalue weighted by Gasteiger charge is 2.23. The molecule has 1 aliphatic rings. The topological polar surface area (TPSA) is 55.1 Å². The van der Waals surface area contributed by atoms with Gasteiger partial charge in [0.1, 0.15) is 5.76 Å². The largest absolute Gasteiger partial charge is 0.467 e. The number of rotatable bonds is 5. The van der Waals surface area contributed by atoms with E-state index >= 15 is 0 Å². The van der Waals surface area contributed by atoms with Crippen LogP contribution in [0.3, 0.4) is 0 Å². The molecule has 1 aromatic carbocycles. The average Bonchev–Trinajstić information content (AvgIpc) is 3.20. The van der Waals surface area contributed by atoms with Gasteiger partial charge in [-0.1, -0.05) is 11.6 Å². The predicted molar refractivity (Wildman–Crippen MR) is 109 cm³/mol. The number of thioether (sulfide) groups is 1. The third-order valence-corrected chi connectivity index (χ3v) is 6.36. The molecule has 1 atom stereocenters. The van der Waals surface area contributed by atoms with E-state index in [4.69, 9.17) is 21.0 Å². The fourth-order valence-electron chi connectivity index (χ4n) is 3.45. The summed E-state index contributed by atoms with van der Waals surface area (Å²) in [5.41, 5.74) is 3.40. The number of aromatic nitrogens is 1. The third kappa shape index (κ3) is 3.99. The summed E-state index contributed by atoms with van der Waals surface area (Å²) in [6, 6.07) is 9.48. The molecule has 0 fully saturated rings. The smallest absolute Gasteiger partial charge is 0.233 e. The van der Waals surface area contributed by atoms with Gasteiger partial charge in [0.05, 0.1) is 23.6 Å². The Morgan fingerprint density at radius 3 is 3.00 bits per heavy atom. The summed E-state index contributed by atoms with van der Waals surface area (Å²) in [7, 11) is 0. The minimum Gasteiger partial charge on any atom is -0.467 e. The minimum atomic E-state index is -0.226. The van der Waals surface area contributed by atoms with E-state index in [0.717, 1.165) is 40.8 Å². The minimum absolute atomic E-state index is 0.00653. The lowest BCUT2D eigenvalue weighted by molar-refractivity contribution is -0.120. The van der Waals surface area contributed by atoms with Crippen LogP contribution >= 0.6 is 23.4 Å². The molecule has 0 radical (unpaired) electrons. The van der Waals surface area contributed by atoms with Crippen LogP contribution in [0.4, 0.5) is 0 Å². The van der Waals surface area contributed by atoms with Crippen molar-refractivity contribution < 1.29 is 9.21 Å². The standard InChI is InChI=1S/C21H21ClN2O2S/c1-13(21(25)23-12-15-5-4-10-26-15)27-20-16-6-2-3-7-18(16)24-19-9-8-14(22)11-17(19)20/h4-5,8-11,13H,2-3,6-7,12H2,1H3,(H,23,25)/t13-/m0/s1. The van der Waals surface area contributed by atoms with Crippen molar-refractivity contribution in [3.8, 4) is 0 Å². The van der Waals surface area contributed by atoms with Crippen LogP contribution in [-0.4, -0.2) is 16.1 Å². The number of fused-ring (bicyclic) bond motifs is 2. The molecule has 1 amide bonds. The first-order valence-electron chi connectivity index (χ1n) is 9.19. The average molecular weight is 401 g/mol. The van der Waals surface area contributed by atoms with E-state index in [1.54, 1.807) is 18.0 Å². The van der Waals surface area contributed by atoms with E-state index < -0.39 is 0 Å². The molecule has 2 aromatic heterocycles. The SMILES string of the molecule is C[C@H](Sc1c2c(nc3ccc(Cl)cc13)CCCC2)C(=O)NCc1ccco1. The summed E-state index contributed by atoms with van der Waals surface area (Å²) in [6.45, 7) is 2.34. The van der Waals surface area contributed by atoms with Crippen molar-refractivity contribution in [3.63, 3.8) is 0 Å². The van der Waals surface area contributed by atoms with Gasteiger partial charge in [-0.05, 0) is 68.5 Å². The Morgan fingerprint density at radius 1 is 1.33 bits per heavy atom. The summed E-state index contributed by atoms with van der Waals surface area (Å²) in [4.78, 5) is 18.6. The Bertz CT molecular complexity index is 972. The number of pyridine rings is 1. The fourth-order valence-corrected chi connectivity index (χ4v) is 4.82. The van der Waals surface area contributed by atoms with Crippen molar-refractivity contribution in [3.05, 3.63) is 58.6 Å². The molecule has 0 unspecified atom stereocenters. The van der Waals surface area contributed by atoms with Crippen molar-refractivity contribution in [1.82, 2.24) is 10.3 Å². The number of benzene rings is 1. The zero-order chi connectivity index (χ0) is 18.8. The lowest BCUT2D eigenvalue weighted by Crippen LogP contribution is -2.30. The summed E-state index contributed by atoms with van der Waals surface area (Å²) >= 11 is 7.85. The highest BCUT2D eigenvalue weighted by molar-refractivity contribution is 8.00. The van der Waals surface area contributed by atoms with E-state index in [1.807, 2.05) is 37.3 Å². The van der Waals surface area contributed by atoms with Crippen LogP contribution in [0.5, 0.6) is 0 Å². The molecule has 4 nitrogen and oxygen atoms in total. The highest BCUT2D eigenvalue weighted by atomic mass is 35.5. The number of nitrogens with zero attached hydrogens (tertiary/aromatic N) is 1. The van der Waals surface area contributed by atoms with Crippen LogP contribution < -0.4 is 5.32 Å². The Kier molecular flexibility index (Phi) is 5.41. The maximum Gasteiger partial charge on any atom is 0.233 e. The van der Waals surface area contributed by atoms with Gasteiger partial charge in [0.25, 0.3) is 0 Å². The second-order valence-electron chi connectivity index (χ2n) is 6.79. The highest BCUT2D eigenvalue weighted by Crippen LogP contribution is 2.38. The number of hydrogen-bond acceptors (Lipinski definition) is 4. The first-order chi connectivity index (χ1) is 13.1. The van der Waals surface area contributed by atoms with E-state index in [-0.39, 0.29) is 11.2 Å². The number of carbonyl (C=O) groups is 1. The van der Waals surface area contributed by atoms with Gasteiger partial charge in [0.2, 0.25) is 5.91 Å². The van der Waals surface area contributed by atoms with Crippen molar-refractivity contribution in [1.29, 1.82) is 0 Å². The van der Waals surface area contributed by atoms with Gasteiger partial charge in [-0.25, -0.2) is 0 Å². The first kappa shape index (κ1) is 18.4. The number of amides is 1. The molecular weight excluding hydrogens is 380 g/mol. The number of furan rings is 1. The number of nitrogens with one attached hydrogen (secondary N) is 1. The molecule has 0 aliphatic heterocycles. The summed E-state index contributed by atoms with van der Waals surface area (Å²) in [5, 5.41) is 4.46. The summed E-state index contributed by atoms with van der Waals surface area (Å²) in [6.07, 6.45) is 5.95. The molecule has 1 N–H and O–H groups in total. The molecule has 1 aliphatic carbocycles. The Hall–Kier alpha value is -1.98. The molecule has 140 valence electrons. The Labute approximate surface area is 167 Å². The van der Waals surface area contributed by atoms with E-state index in [1.165, 1.54) is 17.7 Å². The van der Waals surface area contributed by atoms with Gasteiger partial charge in [-0.2, -0.15) is 0 Å². The third-order valence-electron chi connectivity index (χ3n) is 4.85. The number of halogens is 1. The van der Waals surface area contributed by atoms with Crippen LogP contribution in [-0.2, 0) is 24.2 Å².